The largest absolute Gasteiger partial charge is 0.383 e. The van der Waals surface area contributed by atoms with Gasteiger partial charge in [-0.05, 0) is 12.3 Å². The van der Waals surface area contributed by atoms with Crippen molar-refractivity contribution in [3.63, 3.8) is 0 Å². The zero-order valence-corrected chi connectivity index (χ0v) is 10.8. The normalized spacial score (nSPS) is 17.5. The van der Waals surface area contributed by atoms with Crippen LogP contribution in [0.25, 0.3) is 0 Å². The predicted octanol–water partition coefficient (Wildman–Crippen LogP) is 2.44. The third-order valence-corrected chi connectivity index (χ3v) is 3.73. The summed E-state index contributed by atoms with van der Waals surface area (Å²) in [7, 11) is 1.73. The van der Waals surface area contributed by atoms with Crippen molar-refractivity contribution in [2.45, 2.75) is 51.5 Å². The Morgan fingerprint density at radius 1 is 1.35 bits per heavy atom. The third-order valence-electron chi connectivity index (χ3n) is 3.73. The number of aryl methyl sites for hydroxylation is 1. The smallest absolute Gasteiger partial charge is 0.132 e. The second kappa shape index (κ2) is 6.74. The van der Waals surface area contributed by atoms with E-state index in [4.69, 9.17) is 4.74 Å². The summed E-state index contributed by atoms with van der Waals surface area (Å²) < 4.78 is 7.21. The number of methoxy groups -OCH3 is 1. The molecule has 1 heterocycles. The topological polar surface area (TPSA) is 39.9 Å². The highest BCUT2D eigenvalue weighted by atomic mass is 16.5. The highest BCUT2D eigenvalue weighted by molar-refractivity contribution is 4.87. The van der Waals surface area contributed by atoms with Gasteiger partial charge in [-0.1, -0.05) is 32.1 Å². The van der Waals surface area contributed by atoms with Gasteiger partial charge in [0.15, 0.2) is 0 Å². The van der Waals surface area contributed by atoms with Gasteiger partial charge < -0.3 is 9.30 Å². The van der Waals surface area contributed by atoms with Gasteiger partial charge >= 0.3 is 0 Å². The highest BCUT2D eigenvalue weighted by Gasteiger charge is 2.14. The minimum Gasteiger partial charge on any atom is -0.383 e. The lowest BCUT2D eigenvalue weighted by molar-refractivity contribution is 0.186. The van der Waals surface area contributed by atoms with E-state index in [0.717, 1.165) is 31.3 Å². The summed E-state index contributed by atoms with van der Waals surface area (Å²) in [5.41, 5.74) is 0. The van der Waals surface area contributed by atoms with E-state index < -0.39 is 0 Å². The first-order valence-electron chi connectivity index (χ1n) is 6.76. The van der Waals surface area contributed by atoms with Crippen molar-refractivity contribution in [3.05, 3.63) is 12.2 Å². The molecule has 0 amide bonds. The van der Waals surface area contributed by atoms with Crippen LogP contribution >= 0.6 is 0 Å². The number of ether oxygens (including phenoxy) is 1. The molecule has 1 aromatic rings. The van der Waals surface area contributed by atoms with Crippen LogP contribution in [0.4, 0.5) is 0 Å². The van der Waals surface area contributed by atoms with Gasteiger partial charge in [0.2, 0.25) is 0 Å². The van der Waals surface area contributed by atoms with Crippen molar-refractivity contribution in [3.8, 4) is 0 Å². The lowest BCUT2D eigenvalue weighted by Crippen LogP contribution is -2.11. The molecule has 0 unspecified atom stereocenters. The molecule has 0 saturated heterocycles. The Morgan fingerprint density at radius 3 is 2.94 bits per heavy atom. The number of aromatic nitrogens is 3. The average molecular weight is 237 g/mol. The van der Waals surface area contributed by atoms with Gasteiger partial charge in [-0.25, -0.2) is 0 Å². The zero-order valence-electron chi connectivity index (χ0n) is 10.8. The second-order valence-electron chi connectivity index (χ2n) is 4.98. The minimum absolute atomic E-state index is 0.731. The SMILES string of the molecule is COCCn1cnnc1CCC1CCCCC1. The van der Waals surface area contributed by atoms with Gasteiger partial charge in [0.1, 0.15) is 12.2 Å². The zero-order chi connectivity index (χ0) is 11.9. The summed E-state index contributed by atoms with van der Waals surface area (Å²) in [6, 6.07) is 0. The standard InChI is InChI=1S/C13H23N3O/c1-17-10-9-16-11-14-15-13(16)8-7-12-5-3-2-4-6-12/h11-12H,2-10H2,1H3. The molecule has 1 aliphatic carbocycles. The number of nitrogens with zero attached hydrogens (tertiary/aromatic N) is 3. The summed E-state index contributed by atoms with van der Waals surface area (Å²) in [4.78, 5) is 0. The van der Waals surface area contributed by atoms with E-state index in [9.17, 15) is 0 Å². The molecule has 0 aliphatic heterocycles. The van der Waals surface area contributed by atoms with Gasteiger partial charge in [-0.3, -0.25) is 0 Å². The molecule has 0 aromatic carbocycles. The maximum absolute atomic E-state index is 5.09. The third kappa shape index (κ3) is 3.80. The summed E-state index contributed by atoms with van der Waals surface area (Å²) in [6.45, 7) is 1.60. The van der Waals surface area contributed by atoms with Crippen LogP contribution in [0.2, 0.25) is 0 Å². The van der Waals surface area contributed by atoms with Crippen molar-refractivity contribution < 1.29 is 4.74 Å². The van der Waals surface area contributed by atoms with Crippen molar-refractivity contribution in [2.24, 2.45) is 5.92 Å². The van der Waals surface area contributed by atoms with Gasteiger partial charge in [0, 0.05) is 20.1 Å². The van der Waals surface area contributed by atoms with Crippen molar-refractivity contribution in [2.75, 3.05) is 13.7 Å². The maximum Gasteiger partial charge on any atom is 0.132 e. The Hall–Kier alpha value is -0.900. The van der Waals surface area contributed by atoms with Crippen LogP contribution in [-0.2, 0) is 17.7 Å². The maximum atomic E-state index is 5.09. The highest BCUT2D eigenvalue weighted by Crippen LogP contribution is 2.27. The average Bonchev–Trinajstić information content (AvgIpc) is 2.82. The molecule has 0 spiro atoms. The Balaban J connectivity index is 1.79. The molecule has 1 aromatic heterocycles. The summed E-state index contributed by atoms with van der Waals surface area (Å²) in [5.74, 6) is 2.03. The van der Waals surface area contributed by atoms with Crippen molar-refractivity contribution >= 4 is 0 Å². The molecule has 0 N–H and O–H groups in total. The first-order valence-corrected chi connectivity index (χ1v) is 6.76. The van der Waals surface area contributed by atoms with E-state index >= 15 is 0 Å². The monoisotopic (exact) mass is 237 g/mol. The molecule has 1 aliphatic rings. The molecule has 0 bridgehead atoms. The number of hydrogen-bond acceptors (Lipinski definition) is 3. The van der Waals surface area contributed by atoms with E-state index in [1.54, 1.807) is 7.11 Å². The van der Waals surface area contributed by atoms with E-state index in [-0.39, 0.29) is 0 Å². The van der Waals surface area contributed by atoms with Crippen LogP contribution in [-0.4, -0.2) is 28.5 Å². The fraction of sp³-hybridized carbons (Fsp3) is 0.846. The molecular formula is C13H23N3O. The quantitative estimate of drug-likeness (QED) is 0.763. The second-order valence-corrected chi connectivity index (χ2v) is 4.98. The lowest BCUT2D eigenvalue weighted by Gasteiger charge is -2.21. The first kappa shape index (κ1) is 12.6. The van der Waals surface area contributed by atoms with Crippen molar-refractivity contribution in [1.29, 1.82) is 0 Å². The Bertz CT molecular complexity index is 318. The molecule has 0 radical (unpaired) electrons. The Labute approximate surface area is 103 Å². The Morgan fingerprint density at radius 2 is 2.18 bits per heavy atom. The first-order chi connectivity index (χ1) is 8.40. The molecule has 2 rings (SSSR count). The molecule has 4 heteroatoms. The summed E-state index contributed by atoms with van der Waals surface area (Å²) in [5, 5.41) is 8.21. The molecule has 4 nitrogen and oxygen atoms in total. The minimum atomic E-state index is 0.731. The molecule has 96 valence electrons. The van der Waals surface area contributed by atoms with Crippen LogP contribution in [0.3, 0.4) is 0 Å². The van der Waals surface area contributed by atoms with Crippen LogP contribution in [0, 0.1) is 5.92 Å². The molecule has 17 heavy (non-hydrogen) atoms. The molecule has 1 fully saturated rings. The predicted molar refractivity (Wildman–Crippen MR) is 66.8 cm³/mol. The fourth-order valence-corrected chi connectivity index (χ4v) is 2.66. The number of rotatable bonds is 6. The van der Waals surface area contributed by atoms with Crippen LogP contribution in [0.1, 0.15) is 44.3 Å². The summed E-state index contributed by atoms with van der Waals surface area (Å²) >= 11 is 0. The lowest BCUT2D eigenvalue weighted by atomic mass is 9.86. The van der Waals surface area contributed by atoms with Gasteiger partial charge in [0.25, 0.3) is 0 Å². The number of hydrogen-bond donors (Lipinski definition) is 0. The Kier molecular flexibility index (Phi) is 4.98. The van der Waals surface area contributed by atoms with Gasteiger partial charge in [-0.2, -0.15) is 0 Å². The van der Waals surface area contributed by atoms with Crippen LogP contribution in [0.15, 0.2) is 6.33 Å². The van der Waals surface area contributed by atoms with Crippen molar-refractivity contribution in [1.82, 2.24) is 14.8 Å². The molecular weight excluding hydrogens is 214 g/mol. The van der Waals surface area contributed by atoms with E-state index in [1.165, 1.54) is 38.5 Å². The molecule has 1 saturated carbocycles. The summed E-state index contributed by atoms with van der Waals surface area (Å²) in [6.07, 6.45) is 11.2. The van der Waals surface area contributed by atoms with Gasteiger partial charge in [0.05, 0.1) is 6.61 Å². The fourth-order valence-electron chi connectivity index (χ4n) is 2.66. The van der Waals surface area contributed by atoms with Crippen LogP contribution in [0.5, 0.6) is 0 Å². The molecule has 0 atom stereocenters. The van der Waals surface area contributed by atoms with Crippen LogP contribution < -0.4 is 0 Å². The van der Waals surface area contributed by atoms with E-state index in [2.05, 4.69) is 14.8 Å². The van der Waals surface area contributed by atoms with E-state index in [1.807, 2.05) is 6.33 Å². The van der Waals surface area contributed by atoms with E-state index in [0.29, 0.717) is 0 Å². The van der Waals surface area contributed by atoms with Gasteiger partial charge in [-0.15, -0.1) is 10.2 Å².